The number of hydrogen-bond acceptors (Lipinski definition) is 7. The Hall–Kier alpha value is -3.36. The van der Waals surface area contributed by atoms with Crippen LogP contribution in [0.25, 0.3) is 23.0 Å². The number of aromatic nitrogens is 4. The molecule has 0 saturated heterocycles. The number of rotatable bonds is 3. The minimum absolute atomic E-state index is 0.138. The molecule has 0 fully saturated rings. The summed E-state index contributed by atoms with van der Waals surface area (Å²) in [6, 6.07) is 15.1. The molecular weight excluding hydrogens is 408 g/mol. The third-order valence-corrected chi connectivity index (χ3v) is 5.49. The SMILES string of the molecule is Clc1ccccc1-c1noc(-c2cc3n(n2)C[C@@H](c2ccc4c(c2)OCO4)OC3)n1. The molecule has 30 heavy (non-hydrogen) atoms. The summed E-state index contributed by atoms with van der Waals surface area (Å²) in [5.41, 5.74) is 3.27. The molecule has 2 aromatic carbocycles. The second-order valence-corrected chi connectivity index (χ2v) is 7.43. The number of nitrogens with zero attached hydrogens (tertiary/aromatic N) is 4. The van der Waals surface area contributed by atoms with E-state index in [1.807, 2.05) is 47.1 Å². The highest BCUT2D eigenvalue weighted by Gasteiger charge is 2.26. The van der Waals surface area contributed by atoms with Crippen LogP contribution in [0.1, 0.15) is 17.4 Å². The van der Waals surface area contributed by atoms with E-state index in [0.717, 1.165) is 22.8 Å². The monoisotopic (exact) mass is 422 g/mol. The smallest absolute Gasteiger partial charge is 0.278 e. The van der Waals surface area contributed by atoms with Crippen molar-refractivity contribution in [1.82, 2.24) is 19.9 Å². The molecule has 6 rings (SSSR count). The Morgan fingerprint density at radius 3 is 2.87 bits per heavy atom. The van der Waals surface area contributed by atoms with E-state index in [4.69, 9.17) is 30.3 Å². The van der Waals surface area contributed by atoms with Gasteiger partial charge in [0.05, 0.1) is 23.9 Å². The molecule has 0 amide bonds. The minimum atomic E-state index is -0.138. The van der Waals surface area contributed by atoms with Crippen molar-refractivity contribution in [2.45, 2.75) is 19.3 Å². The van der Waals surface area contributed by atoms with Gasteiger partial charge in [-0.25, -0.2) is 0 Å². The summed E-state index contributed by atoms with van der Waals surface area (Å²) >= 11 is 6.23. The summed E-state index contributed by atoms with van der Waals surface area (Å²) in [5, 5.41) is 9.26. The highest BCUT2D eigenvalue weighted by Crippen LogP contribution is 2.37. The van der Waals surface area contributed by atoms with Crippen molar-refractivity contribution in [2.24, 2.45) is 0 Å². The van der Waals surface area contributed by atoms with Crippen molar-refractivity contribution in [2.75, 3.05) is 6.79 Å². The molecule has 0 spiro atoms. The Kier molecular flexibility index (Phi) is 4.00. The molecular formula is C21H15ClN4O4. The van der Waals surface area contributed by atoms with Crippen LogP contribution in [0.4, 0.5) is 0 Å². The van der Waals surface area contributed by atoms with E-state index in [-0.39, 0.29) is 12.9 Å². The third kappa shape index (κ3) is 2.92. The average Bonchev–Trinajstić information content (AvgIpc) is 3.51. The summed E-state index contributed by atoms with van der Waals surface area (Å²) < 4.78 is 24.2. The standard InChI is InChI=1S/C21H15ClN4O4/c22-15-4-2-1-3-14(15)20-23-21(30-25-20)16-8-13-10-27-19(9-26(13)24-16)12-5-6-17-18(7-12)29-11-28-17/h1-8,19H,9-11H2/t19-/m0/s1. The van der Waals surface area contributed by atoms with Gasteiger partial charge in [0.1, 0.15) is 6.10 Å². The first kappa shape index (κ1) is 17.5. The molecule has 9 heteroatoms. The Morgan fingerprint density at radius 2 is 1.93 bits per heavy atom. The van der Waals surface area contributed by atoms with Crippen LogP contribution in [0.5, 0.6) is 11.5 Å². The van der Waals surface area contributed by atoms with Crippen LogP contribution < -0.4 is 9.47 Å². The Labute approximate surface area is 175 Å². The van der Waals surface area contributed by atoms with Gasteiger partial charge in [0, 0.05) is 5.56 Å². The largest absolute Gasteiger partial charge is 0.454 e. The van der Waals surface area contributed by atoms with Crippen LogP contribution in [0.2, 0.25) is 5.02 Å². The van der Waals surface area contributed by atoms with E-state index < -0.39 is 0 Å². The van der Waals surface area contributed by atoms with Crippen LogP contribution in [0.3, 0.4) is 0 Å². The van der Waals surface area contributed by atoms with E-state index >= 15 is 0 Å². The average molecular weight is 423 g/mol. The van der Waals surface area contributed by atoms with Gasteiger partial charge >= 0.3 is 0 Å². The van der Waals surface area contributed by atoms with E-state index in [1.54, 1.807) is 6.07 Å². The highest BCUT2D eigenvalue weighted by atomic mass is 35.5. The van der Waals surface area contributed by atoms with Gasteiger partial charge in [0.2, 0.25) is 12.6 Å². The van der Waals surface area contributed by atoms with Gasteiger partial charge in [-0.15, -0.1) is 0 Å². The highest BCUT2D eigenvalue weighted by molar-refractivity contribution is 6.33. The predicted molar refractivity (Wildman–Crippen MR) is 106 cm³/mol. The third-order valence-electron chi connectivity index (χ3n) is 5.16. The maximum absolute atomic E-state index is 6.23. The number of ether oxygens (including phenoxy) is 3. The molecule has 1 atom stereocenters. The number of fused-ring (bicyclic) bond motifs is 2. The Bertz CT molecular complexity index is 1250. The van der Waals surface area contributed by atoms with Crippen LogP contribution in [-0.2, 0) is 17.9 Å². The van der Waals surface area contributed by atoms with Gasteiger partial charge in [-0.05, 0) is 35.9 Å². The zero-order chi connectivity index (χ0) is 20.1. The summed E-state index contributed by atoms with van der Waals surface area (Å²) in [6.07, 6.45) is -0.138. The van der Waals surface area contributed by atoms with Gasteiger partial charge in [0.15, 0.2) is 17.2 Å². The fourth-order valence-corrected chi connectivity index (χ4v) is 3.84. The van der Waals surface area contributed by atoms with Gasteiger partial charge in [-0.3, -0.25) is 4.68 Å². The van der Waals surface area contributed by atoms with Gasteiger partial charge < -0.3 is 18.7 Å². The van der Waals surface area contributed by atoms with E-state index in [2.05, 4.69) is 15.2 Å². The second-order valence-electron chi connectivity index (χ2n) is 7.02. The van der Waals surface area contributed by atoms with E-state index in [9.17, 15) is 0 Å². The number of halogens is 1. The molecule has 8 nitrogen and oxygen atoms in total. The van der Waals surface area contributed by atoms with Gasteiger partial charge in [-0.2, -0.15) is 10.1 Å². The molecule has 4 aromatic rings. The normalized spacial score (nSPS) is 17.2. The molecule has 4 heterocycles. The predicted octanol–water partition coefficient (Wildman–Crippen LogP) is 4.25. The van der Waals surface area contributed by atoms with Crippen molar-refractivity contribution in [1.29, 1.82) is 0 Å². The van der Waals surface area contributed by atoms with Crippen LogP contribution in [-0.4, -0.2) is 26.7 Å². The fourth-order valence-electron chi connectivity index (χ4n) is 3.62. The molecule has 0 unspecified atom stereocenters. The molecule has 0 N–H and O–H groups in total. The lowest BCUT2D eigenvalue weighted by Gasteiger charge is -2.24. The zero-order valence-electron chi connectivity index (χ0n) is 15.6. The fraction of sp³-hybridized carbons (Fsp3) is 0.190. The van der Waals surface area contributed by atoms with E-state index in [1.165, 1.54) is 0 Å². The lowest BCUT2D eigenvalue weighted by Crippen LogP contribution is -2.21. The van der Waals surface area contributed by atoms with Gasteiger partial charge in [-0.1, -0.05) is 35.0 Å². The van der Waals surface area contributed by atoms with Crippen molar-refractivity contribution in [3.05, 3.63) is 64.8 Å². The quantitative estimate of drug-likeness (QED) is 0.487. The van der Waals surface area contributed by atoms with Crippen LogP contribution in [0, 0.1) is 0 Å². The topological polar surface area (TPSA) is 84.4 Å². The first-order valence-corrected chi connectivity index (χ1v) is 9.79. The molecule has 0 radical (unpaired) electrons. The summed E-state index contributed by atoms with van der Waals surface area (Å²) in [7, 11) is 0. The molecule has 150 valence electrons. The van der Waals surface area contributed by atoms with Crippen molar-refractivity contribution >= 4 is 11.6 Å². The zero-order valence-corrected chi connectivity index (χ0v) is 16.4. The number of hydrogen-bond donors (Lipinski definition) is 0. The Morgan fingerprint density at radius 1 is 1.03 bits per heavy atom. The molecule has 0 aliphatic carbocycles. The number of benzene rings is 2. The summed E-state index contributed by atoms with van der Waals surface area (Å²) in [4.78, 5) is 4.46. The summed E-state index contributed by atoms with van der Waals surface area (Å²) in [6.45, 7) is 1.25. The minimum Gasteiger partial charge on any atom is -0.454 e. The molecule has 2 aromatic heterocycles. The maximum atomic E-state index is 6.23. The summed E-state index contributed by atoms with van der Waals surface area (Å²) in [5.74, 6) is 2.26. The maximum Gasteiger partial charge on any atom is 0.278 e. The van der Waals surface area contributed by atoms with E-state index in [0.29, 0.717) is 41.1 Å². The van der Waals surface area contributed by atoms with Crippen LogP contribution >= 0.6 is 11.6 Å². The van der Waals surface area contributed by atoms with Crippen molar-refractivity contribution in [3.8, 4) is 34.5 Å². The molecule has 0 bridgehead atoms. The second kappa shape index (κ2) is 6.86. The first-order chi connectivity index (χ1) is 14.7. The lowest BCUT2D eigenvalue weighted by molar-refractivity contribution is -0.00122. The Balaban J connectivity index is 1.26. The van der Waals surface area contributed by atoms with Crippen molar-refractivity contribution < 1.29 is 18.7 Å². The molecule has 2 aliphatic heterocycles. The lowest BCUT2D eigenvalue weighted by atomic mass is 10.1. The van der Waals surface area contributed by atoms with Crippen molar-refractivity contribution in [3.63, 3.8) is 0 Å². The molecule has 0 saturated carbocycles. The van der Waals surface area contributed by atoms with Gasteiger partial charge in [0.25, 0.3) is 5.89 Å². The molecule has 2 aliphatic rings. The first-order valence-electron chi connectivity index (χ1n) is 9.41. The van der Waals surface area contributed by atoms with Crippen LogP contribution in [0.15, 0.2) is 53.1 Å².